The van der Waals surface area contributed by atoms with Crippen LogP contribution in [0.1, 0.15) is 53.4 Å². The third kappa shape index (κ3) is 7.07. The molecule has 1 rings (SSSR count). The molecule has 0 radical (unpaired) electrons. The maximum atomic E-state index is 12.1. The number of rotatable bonds is 10. The van der Waals surface area contributed by atoms with Gasteiger partial charge in [-0.3, -0.25) is 24.1 Å². The molecule has 7 nitrogen and oxygen atoms in total. The highest BCUT2D eigenvalue weighted by molar-refractivity contribution is 6.12. The summed E-state index contributed by atoms with van der Waals surface area (Å²) < 4.78 is 0. The molecule has 1 heterocycles. The number of amides is 4. The smallest absolute Gasteiger partial charge is 0.253 e. The lowest BCUT2D eigenvalue weighted by atomic mass is 10.0. The van der Waals surface area contributed by atoms with Crippen LogP contribution in [0, 0.1) is 5.92 Å². The summed E-state index contributed by atoms with van der Waals surface area (Å²) >= 11 is 0. The molecule has 0 aliphatic carbocycles. The average Bonchev–Trinajstić information content (AvgIpc) is 2.82. The third-order valence-electron chi connectivity index (χ3n) is 3.88. The van der Waals surface area contributed by atoms with E-state index in [9.17, 15) is 19.2 Å². The fourth-order valence-corrected chi connectivity index (χ4v) is 2.54. The van der Waals surface area contributed by atoms with Crippen LogP contribution in [0.15, 0.2) is 12.2 Å². The highest BCUT2D eigenvalue weighted by Crippen LogP contribution is 2.08. The van der Waals surface area contributed by atoms with Crippen LogP contribution in [0.25, 0.3) is 0 Å². The van der Waals surface area contributed by atoms with Crippen molar-refractivity contribution in [2.75, 3.05) is 6.54 Å². The Kier molecular flexibility index (Phi) is 8.31. The van der Waals surface area contributed by atoms with Crippen LogP contribution in [0.3, 0.4) is 0 Å². The third-order valence-corrected chi connectivity index (χ3v) is 3.88. The van der Waals surface area contributed by atoms with Crippen LogP contribution in [-0.2, 0) is 19.2 Å². The van der Waals surface area contributed by atoms with Gasteiger partial charge in [0.2, 0.25) is 11.8 Å². The number of hydrogen-bond donors (Lipinski definition) is 2. The lowest BCUT2D eigenvalue weighted by molar-refractivity contribution is -0.137. The molecular weight excluding hydrogens is 322 g/mol. The van der Waals surface area contributed by atoms with E-state index in [2.05, 4.69) is 10.6 Å². The first-order valence-electron chi connectivity index (χ1n) is 8.85. The molecule has 1 atom stereocenters. The zero-order chi connectivity index (χ0) is 19.0. The van der Waals surface area contributed by atoms with Crippen LogP contribution < -0.4 is 10.6 Å². The lowest BCUT2D eigenvalue weighted by Gasteiger charge is -2.23. The highest BCUT2D eigenvalue weighted by atomic mass is 16.2. The van der Waals surface area contributed by atoms with Gasteiger partial charge in [0.05, 0.1) is 0 Å². The van der Waals surface area contributed by atoms with Gasteiger partial charge in [0.15, 0.2) is 0 Å². The number of imide groups is 1. The van der Waals surface area contributed by atoms with E-state index in [4.69, 9.17) is 0 Å². The maximum Gasteiger partial charge on any atom is 0.253 e. The van der Waals surface area contributed by atoms with E-state index >= 15 is 0 Å². The number of nitrogens with one attached hydrogen (secondary N) is 2. The van der Waals surface area contributed by atoms with Crippen molar-refractivity contribution in [2.24, 2.45) is 5.92 Å². The number of hydrogen-bond acceptors (Lipinski definition) is 4. The van der Waals surface area contributed by atoms with E-state index in [0.717, 1.165) is 6.42 Å². The molecule has 0 aromatic rings. The van der Waals surface area contributed by atoms with Crippen molar-refractivity contribution in [3.63, 3.8) is 0 Å². The second-order valence-electron chi connectivity index (χ2n) is 6.92. The first kappa shape index (κ1) is 20.9. The lowest BCUT2D eigenvalue weighted by Crippen LogP contribution is -2.51. The predicted octanol–water partition coefficient (Wildman–Crippen LogP) is 1.14. The Balaban J connectivity index is 2.27. The molecule has 1 aliphatic heterocycles. The average molecular weight is 351 g/mol. The SMILES string of the molecule is CC(C)NC(=O)[C@@H](NC(=O)CCCCCN1C(=O)C=CC1=O)C(C)C. The first-order valence-corrected chi connectivity index (χ1v) is 8.85. The summed E-state index contributed by atoms with van der Waals surface area (Å²) in [6.07, 6.45) is 4.89. The van der Waals surface area contributed by atoms with Crippen molar-refractivity contribution in [1.82, 2.24) is 15.5 Å². The highest BCUT2D eigenvalue weighted by Gasteiger charge is 2.24. The Bertz CT molecular complexity index is 522. The van der Waals surface area contributed by atoms with Crippen molar-refractivity contribution in [2.45, 2.75) is 65.5 Å². The van der Waals surface area contributed by atoms with Gasteiger partial charge in [-0.25, -0.2) is 0 Å². The van der Waals surface area contributed by atoms with E-state index in [1.807, 2.05) is 27.7 Å². The van der Waals surface area contributed by atoms with Gasteiger partial charge in [-0.05, 0) is 32.6 Å². The minimum atomic E-state index is -0.541. The number of unbranched alkanes of at least 4 members (excludes halogenated alkanes) is 2. The van der Waals surface area contributed by atoms with Crippen molar-refractivity contribution >= 4 is 23.6 Å². The predicted molar refractivity (Wildman–Crippen MR) is 94.4 cm³/mol. The second kappa shape index (κ2) is 9.96. The largest absolute Gasteiger partial charge is 0.352 e. The van der Waals surface area contributed by atoms with Gasteiger partial charge in [0.1, 0.15) is 6.04 Å². The minimum Gasteiger partial charge on any atom is -0.352 e. The molecule has 0 aromatic carbocycles. The van der Waals surface area contributed by atoms with Crippen molar-refractivity contribution in [3.05, 3.63) is 12.2 Å². The molecule has 0 fully saturated rings. The molecule has 0 aromatic heterocycles. The minimum absolute atomic E-state index is 0.00221. The maximum absolute atomic E-state index is 12.1. The van der Waals surface area contributed by atoms with Gasteiger partial charge in [0.25, 0.3) is 11.8 Å². The zero-order valence-corrected chi connectivity index (χ0v) is 15.5. The normalized spacial score (nSPS) is 15.2. The Morgan fingerprint density at radius 3 is 2.08 bits per heavy atom. The Morgan fingerprint density at radius 1 is 0.960 bits per heavy atom. The zero-order valence-electron chi connectivity index (χ0n) is 15.5. The van der Waals surface area contributed by atoms with E-state index in [1.165, 1.54) is 17.1 Å². The molecule has 4 amide bonds. The van der Waals surface area contributed by atoms with E-state index in [1.54, 1.807) is 0 Å². The van der Waals surface area contributed by atoms with Crippen LogP contribution in [-0.4, -0.2) is 47.2 Å². The van der Waals surface area contributed by atoms with E-state index in [-0.39, 0.29) is 35.6 Å². The molecule has 0 spiro atoms. The molecule has 2 N–H and O–H groups in total. The van der Waals surface area contributed by atoms with E-state index in [0.29, 0.717) is 25.8 Å². The fraction of sp³-hybridized carbons (Fsp3) is 0.667. The molecule has 0 saturated heterocycles. The van der Waals surface area contributed by atoms with Crippen LogP contribution in [0.2, 0.25) is 0 Å². The summed E-state index contributed by atoms with van der Waals surface area (Å²) in [7, 11) is 0. The monoisotopic (exact) mass is 351 g/mol. The second-order valence-corrected chi connectivity index (χ2v) is 6.92. The molecule has 140 valence electrons. The molecule has 1 aliphatic rings. The van der Waals surface area contributed by atoms with Crippen LogP contribution in [0.4, 0.5) is 0 Å². The topological polar surface area (TPSA) is 95.6 Å². The number of carbonyl (C=O) groups excluding carboxylic acids is 4. The van der Waals surface area contributed by atoms with Crippen molar-refractivity contribution in [1.29, 1.82) is 0 Å². The Labute approximate surface area is 149 Å². The van der Waals surface area contributed by atoms with Crippen LogP contribution >= 0.6 is 0 Å². The number of carbonyl (C=O) groups is 4. The Morgan fingerprint density at radius 2 is 1.56 bits per heavy atom. The first-order chi connectivity index (χ1) is 11.7. The quantitative estimate of drug-likeness (QED) is 0.456. The molecular formula is C18H29N3O4. The fourth-order valence-electron chi connectivity index (χ4n) is 2.54. The summed E-state index contributed by atoms with van der Waals surface area (Å²) in [4.78, 5) is 48.2. The summed E-state index contributed by atoms with van der Waals surface area (Å²) in [5, 5.41) is 5.60. The summed E-state index contributed by atoms with van der Waals surface area (Å²) in [5.74, 6) is -0.885. The summed E-state index contributed by atoms with van der Waals surface area (Å²) in [6, 6.07) is -0.517. The van der Waals surface area contributed by atoms with Gasteiger partial charge in [-0.15, -0.1) is 0 Å². The molecule has 7 heteroatoms. The van der Waals surface area contributed by atoms with Gasteiger partial charge < -0.3 is 10.6 Å². The standard InChI is InChI=1S/C18H29N3O4/c1-12(2)17(18(25)19-13(3)4)20-14(22)8-6-5-7-11-21-15(23)9-10-16(21)24/h9-10,12-13,17H,5-8,11H2,1-4H3,(H,19,25)(H,20,22)/t17-/m0/s1. The van der Waals surface area contributed by atoms with E-state index < -0.39 is 6.04 Å². The van der Waals surface area contributed by atoms with Crippen LogP contribution in [0.5, 0.6) is 0 Å². The molecule has 0 saturated carbocycles. The van der Waals surface area contributed by atoms with Gasteiger partial charge in [-0.1, -0.05) is 20.3 Å². The van der Waals surface area contributed by atoms with Gasteiger partial charge in [0, 0.05) is 31.2 Å². The molecule has 0 unspecified atom stereocenters. The Hall–Kier alpha value is -2.18. The summed E-state index contributed by atoms with van der Waals surface area (Å²) in [5.41, 5.74) is 0. The molecule has 0 bridgehead atoms. The van der Waals surface area contributed by atoms with Crippen molar-refractivity contribution < 1.29 is 19.2 Å². The number of nitrogens with zero attached hydrogens (tertiary/aromatic N) is 1. The molecule has 25 heavy (non-hydrogen) atoms. The van der Waals surface area contributed by atoms with Crippen molar-refractivity contribution in [3.8, 4) is 0 Å². The van der Waals surface area contributed by atoms with Gasteiger partial charge >= 0.3 is 0 Å². The van der Waals surface area contributed by atoms with Gasteiger partial charge in [-0.2, -0.15) is 0 Å². The summed E-state index contributed by atoms with van der Waals surface area (Å²) in [6.45, 7) is 7.91.